The van der Waals surface area contributed by atoms with Crippen LogP contribution in [0.1, 0.15) is 34.6 Å². The molecule has 1 aliphatic heterocycles. The Hall–Kier alpha value is -2.59. The number of nitrogens with zero attached hydrogens (tertiary/aromatic N) is 3. The van der Waals surface area contributed by atoms with E-state index in [1.807, 2.05) is 0 Å². The minimum absolute atomic E-state index is 0.0661. The summed E-state index contributed by atoms with van der Waals surface area (Å²) in [5.74, 6) is -0.575. The normalized spacial score (nSPS) is 18.4. The molecule has 2 atom stereocenters. The summed E-state index contributed by atoms with van der Waals surface area (Å²) >= 11 is 9.24. The molecular formula is C19H14BrClF3N5O. The number of nitrogens with one attached hydrogen (secondary N) is 2. The molecule has 11 heteroatoms. The Morgan fingerprint density at radius 2 is 2.00 bits per heavy atom. The number of fused-ring (bicyclic) bond motifs is 1. The number of carbonyl (C=O) groups is 1. The van der Waals surface area contributed by atoms with Crippen LogP contribution in [0.25, 0.3) is 0 Å². The van der Waals surface area contributed by atoms with Gasteiger partial charge in [0.2, 0.25) is 0 Å². The lowest BCUT2D eigenvalue weighted by Crippen LogP contribution is -2.35. The van der Waals surface area contributed by atoms with E-state index in [9.17, 15) is 18.0 Å². The number of pyridine rings is 1. The number of benzene rings is 1. The number of aromatic nitrogens is 3. The second-order valence-corrected chi connectivity index (χ2v) is 7.97. The Labute approximate surface area is 182 Å². The number of amides is 1. The fraction of sp³-hybridized carbons (Fsp3) is 0.211. The summed E-state index contributed by atoms with van der Waals surface area (Å²) in [5, 5.41) is 9.55. The van der Waals surface area contributed by atoms with Crippen molar-refractivity contribution in [3.8, 4) is 0 Å². The van der Waals surface area contributed by atoms with E-state index in [1.165, 1.54) is 18.3 Å². The van der Waals surface area contributed by atoms with E-state index in [-0.39, 0.29) is 28.8 Å². The van der Waals surface area contributed by atoms with Crippen molar-refractivity contribution in [2.45, 2.75) is 24.7 Å². The van der Waals surface area contributed by atoms with Crippen LogP contribution in [0.5, 0.6) is 0 Å². The Kier molecular flexibility index (Phi) is 5.46. The average Bonchev–Trinajstić information content (AvgIpc) is 3.13. The van der Waals surface area contributed by atoms with E-state index in [1.54, 1.807) is 30.3 Å². The molecule has 4 rings (SSSR count). The largest absolute Gasteiger partial charge is 0.410 e. The molecule has 30 heavy (non-hydrogen) atoms. The predicted molar refractivity (Wildman–Crippen MR) is 110 cm³/mol. The van der Waals surface area contributed by atoms with Gasteiger partial charge >= 0.3 is 6.18 Å². The van der Waals surface area contributed by atoms with Crippen LogP contribution in [0.15, 0.2) is 53.1 Å². The van der Waals surface area contributed by atoms with Crippen molar-refractivity contribution in [2.75, 3.05) is 10.6 Å². The van der Waals surface area contributed by atoms with E-state index in [0.29, 0.717) is 5.56 Å². The summed E-state index contributed by atoms with van der Waals surface area (Å²) in [6, 6.07) is 8.97. The molecule has 2 N–H and O–H groups in total. The number of carbonyl (C=O) groups excluding carboxylic acids is 1. The van der Waals surface area contributed by atoms with Crippen molar-refractivity contribution in [3.63, 3.8) is 0 Å². The summed E-state index contributed by atoms with van der Waals surface area (Å²) in [4.78, 5) is 16.4. The van der Waals surface area contributed by atoms with Crippen molar-refractivity contribution in [2.24, 2.45) is 0 Å². The molecule has 156 valence electrons. The summed E-state index contributed by atoms with van der Waals surface area (Å²) < 4.78 is 42.9. The highest BCUT2D eigenvalue weighted by Gasteiger charge is 2.46. The molecule has 0 aliphatic carbocycles. The topological polar surface area (TPSA) is 71.8 Å². The number of hydrogen-bond acceptors (Lipinski definition) is 4. The molecule has 3 aromatic rings. The third-order valence-corrected chi connectivity index (χ3v) is 5.53. The first-order valence-electron chi connectivity index (χ1n) is 8.82. The molecule has 0 bridgehead atoms. The first-order chi connectivity index (χ1) is 14.2. The first-order valence-corrected chi connectivity index (χ1v) is 9.99. The van der Waals surface area contributed by atoms with Crippen molar-refractivity contribution in [3.05, 3.63) is 69.5 Å². The predicted octanol–water partition coefficient (Wildman–Crippen LogP) is 5.61. The second kappa shape index (κ2) is 7.92. The summed E-state index contributed by atoms with van der Waals surface area (Å²) in [6.45, 7) is 0. The number of hydrogen-bond donors (Lipinski definition) is 2. The van der Waals surface area contributed by atoms with Crippen LogP contribution in [-0.4, -0.2) is 26.8 Å². The van der Waals surface area contributed by atoms with Gasteiger partial charge in [-0.3, -0.25) is 4.79 Å². The highest BCUT2D eigenvalue weighted by atomic mass is 79.9. The maximum atomic E-state index is 13.8. The quantitative estimate of drug-likeness (QED) is 0.459. The monoisotopic (exact) mass is 499 g/mol. The number of rotatable bonds is 3. The summed E-state index contributed by atoms with van der Waals surface area (Å²) in [7, 11) is 0. The molecule has 6 nitrogen and oxygen atoms in total. The third kappa shape index (κ3) is 4.15. The van der Waals surface area contributed by atoms with Gasteiger partial charge in [0.25, 0.3) is 5.91 Å². The van der Waals surface area contributed by atoms with E-state index in [0.717, 1.165) is 9.15 Å². The number of anilines is 2. The van der Waals surface area contributed by atoms with Gasteiger partial charge in [-0.25, -0.2) is 9.67 Å². The van der Waals surface area contributed by atoms with Crippen LogP contribution in [0.2, 0.25) is 5.15 Å². The van der Waals surface area contributed by atoms with Crippen molar-refractivity contribution >= 4 is 44.9 Å². The minimum Gasteiger partial charge on any atom is -0.363 e. The molecule has 0 saturated heterocycles. The van der Waals surface area contributed by atoms with E-state index < -0.39 is 24.2 Å². The summed E-state index contributed by atoms with van der Waals surface area (Å²) in [5.41, 5.74) is 0.777. The number of halogens is 5. The highest BCUT2D eigenvalue weighted by Crippen LogP contribution is 2.43. The van der Waals surface area contributed by atoms with E-state index in [4.69, 9.17) is 11.6 Å². The maximum Gasteiger partial charge on any atom is 0.410 e. The first kappa shape index (κ1) is 20.7. The van der Waals surface area contributed by atoms with Gasteiger partial charge in [-0.1, -0.05) is 39.7 Å². The zero-order chi connectivity index (χ0) is 21.5. The molecule has 2 aromatic heterocycles. The van der Waals surface area contributed by atoms with Crippen LogP contribution in [0, 0.1) is 0 Å². The molecule has 3 heterocycles. The van der Waals surface area contributed by atoms with Crippen LogP contribution < -0.4 is 10.6 Å². The smallest absolute Gasteiger partial charge is 0.363 e. The molecular weight excluding hydrogens is 487 g/mol. The van der Waals surface area contributed by atoms with Gasteiger partial charge in [-0.15, -0.1) is 0 Å². The maximum absolute atomic E-state index is 13.8. The van der Waals surface area contributed by atoms with Crippen LogP contribution >= 0.6 is 27.5 Å². The Morgan fingerprint density at radius 1 is 1.27 bits per heavy atom. The third-order valence-electron chi connectivity index (χ3n) is 4.70. The van der Waals surface area contributed by atoms with E-state index in [2.05, 4.69) is 36.6 Å². The van der Waals surface area contributed by atoms with Gasteiger partial charge in [0.1, 0.15) is 5.82 Å². The molecule has 1 amide bonds. The van der Waals surface area contributed by atoms with Crippen LogP contribution in [-0.2, 0) is 0 Å². The van der Waals surface area contributed by atoms with Gasteiger partial charge in [0.05, 0.1) is 11.7 Å². The van der Waals surface area contributed by atoms with Gasteiger partial charge in [-0.2, -0.15) is 18.3 Å². The van der Waals surface area contributed by atoms with Crippen molar-refractivity contribution in [1.82, 2.24) is 14.8 Å². The molecule has 0 saturated carbocycles. The van der Waals surface area contributed by atoms with Crippen molar-refractivity contribution < 1.29 is 18.0 Å². The number of alkyl halides is 3. The van der Waals surface area contributed by atoms with Crippen LogP contribution in [0.3, 0.4) is 0 Å². The van der Waals surface area contributed by atoms with Gasteiger partial charge < -0.3 is 10.6 Å². The highest BCUT2D eigenvalue weighted by molar-refractivity contribution is 9.10. The van der Waals surface area contributed by atoms with Crippen molar-refractivity contribution in [1.29, 1.82) is 0 Å². The van der Waals surface area contributed by atoms with Gasteiger partial charge in [0.15, 0.2) is 16.9 Å². The Bertz CT molecular complexity index is 1090. The van der Waals surface area contributed by atoms with E-state index >= 15 is 0 Å². The lowest BCUT2D eigenvalue weighted by atomic mass is 9.97. The SMILES string of the molecule is O=C(Nc1cccnc1Cl)c1cc2n(n1)[C@@H](C(F)(F)F)C[C@H](c1ccc(Br)cc1)N2. The molecule has 0 fully saturated rings. The lowest BCUT2D eigenvalue weighted by molar-refractivity contribution is -0.173. The Morgan fingerprint density at radius 3 is 2.67 bits per heavy atom. The fourth-order valence-corrected chi connectivity index (χ4v) is 3.69. The standard InChI is InChI=1S/C19H14BrClF3N5O/c20-11-5-3-10(4-6-11)13-8-15(19(22,23)24)29-16(26-13)9-14(28-29)18(30)27-12-2-1-7-25-17(12)21/h1-7,9,13,15,26H,8H2,(H,27,30)/t13-,15-/m1/s1. The average molecular weight is 501 g/mol. The second-order valence-electron chi connectivity index (χ2n) is 6.70. The zero-order valence-corrected chi connectivity index (χ0v) is 17.5. The van der Waals surface area contributed by atoms with Gasteiger partial charge in [-0.05, 0) is 29.8 Å². The van der Waals surface area contributed by atoms with Gasteiger partial charge in [0, 0.05) is 23.2 Å². The zero-order valence-electron chi connectivity index (χ0n) is 15.1. The molecule has 0 unspecified atom stereocenters. The molecule has 0 radical (unpaired) electrons. The molecule has 0 spiro atoms. The molecule has 1 aliphatic rings. The Balaban J connectivity index is 1.65. The fourth-order valence-electron chi connectivity index (χ4n) is 3.26. The summed E-state index contributed by atoms with van der Waals surface area (Å²) in [6.07, 6.45) is -3.33. The molecule has 1 aromatic carbocycles. The minimum atomic E-state index is -4.53. The lowest BCUT2D eigenvalue weighted by Gasteiger charge is -2.33. The van der Waals surface area contributed by atoms with Crippen LogP contribution in [0.4, 0.5) is 24.7 Å².